The number of nitrogens with one attached hydrogen (secondary N) is 2. The highest BCUT2D eigenvalue weighted by atomic mass is 32.2. The second kappa shape index (κ2) is 5.28. The minimum absolute atomic E-state index is 0.260. The Hall–Kier alpha value is -0.430. The summed E-state index contributed by atoms with van der Waals surface area (Å²) in [5, 5.41) is 4.74. The fraction of sp³-hybridized carbons (Fsp3) is 0.667. The van der Waals surface area contributed by atoms with Crippen LogP contribution in [0.5, 0.6) is 0 Å². The molecule has 1 heterocycles. The molecule has 0 spiro atoms. The minimum atomic E-state index is -3.37. The summed E-state index contributed by atoms with van der Waals surface area (Å²) in [4.78, 5) is 1.43. The second-order valence-corrected chi connectivity index (χ2v) is 7.83. The molecule has 4 nitrogen and oxygen atoms in total. The maximum Gasteiger partial charge on any atom is 0.241 e. The van der Waals surface area contributed by atoms with Crippen LogP contribution in [0.25, 0.3) is 0 Å². The van der Waals surface area contributed by atoms with Crippen LogP contribution in [0.1, 0.15) is 37.5 Å². The van der Waals surface area contributed by atoms with Gasteiger partial charge >= 0.3 is 0 Å². The van der Waals surface area contributed by atoms with Gasteiger partial charge in [-0.1, -0.05) is 12.8 Å². The van der Waals surface area contributed by atoms with Crippen LogP contribution in [0.4, 0.5) is 0 Å². The van der Waals surface area contributed by atoms with Gasteiger partial charge in [-0.3, -0.25) is 0 Å². The van der Waals surface area contributed by atoms with Crippen molar-refractivity contribution in [3.63, 3.8) is 0 Å². The third-order valence-electron chi connectivity index (χ3n) is 3.38. The van der Waals surface area contributed by atoms with Crippen molar-refractivity contribution in [3.05, 3.63) is 16.3 Å². The monoisotopic (exact) mass is 288 g/mol. The van der Waals surface area contributed by atoms with Gasteiger partial charge in [0.15, 0.2) is 0 Å². The number of sulfonamides is 1. The van der Waals surface area contributed by atoms with Crippen molar-refractivity contribution in [2.24, 2.45) is 0 Å². The first-order valence-corrected chi connectivity index (χ1v) is 8.57. The predicted octanol–water partition coefficient (Wildman–Crippen LogP) is 2.08. The molecule has 0 atom stereocenters. The smallest absolute Gasteiger partial charge is 0.241 e. The summed E-state index contributed by atoms with van der Waals surface area (Å²) in [5.41, 5.74) is -0.260. The molecule has 1 fully saturated rings. The Balaban J connectivity index is 2.14. The lowest BCUT2D eigenvalue weighted by molar-refractivity contribution is 0.427. The van der Waals surface area contributed by atoms with E-state index in [4.69, 9.17) is 0 Å². The average molecular weight is 288 g/mol. The first-order valence-electron chi connectivity index (χ1n) is 6.21. The van der Waals surface area contributed by atoms with Crippen LogP contribution in [0, 0.1) is 0 Å². The summed E-state index contributed by atoms with van der Waals surface area (Å²) in [7, 11) is -1.51. The Labute approximate surface area is 113 Å². The zero-order valence-corrected chi connectivity index (χ0v) is 12.5. The Morgan fingerprint density at radius 2 is 2.06 bits per heavy atom. The molecule has 1 aliphatic carbocycles. The van der Waals surface area contributed by atoms with Gasteiger partial charge in [0.1, 0.15) is 0 Å². The molecule has 0 aromatic carbocycles. The molecule has 0 unspecified atom stereocenters. The van der Waals surface area contributed by atoms with E-state index in [0.717, 1.165) is 30.6 Å². The van der Waals surface area contributed by atoms with E-state index in [0.29, 0.717) is 11.4 Å². The lowest BCUT2D eigenvalue weighted by atomic mass is 10.0. The van der Waals surface area contributed by atoms with Crippen molar-refractivity contribution in [2.75, 3.05) is 7.05 Å². The van der Waals surface area contributed by atoms with Gasteiger partial charge in [0, 0.05) is 22.3 Å². The first-order chi connectivity index (χ1) is 8.45. The van der Waals surface area contributed by atoms with E-state index in [2.05, 4.69) is 10.0 Å². The molecule has 0 bridgehead atoms. The maximum absolute atomic E-state index is 12.3. The van der Waals surface area contributed by atoms with Gasteiger partial charge in [-0.2, -0.15) is 0 Å². The van der Waals surface area contributed by atoms with Gasteiger partial charge in [0.25, 0.3) is 0 Å². The van der Waals surface area contributed by atoms with Crippen molar-refractivity contribution < 1.29 is 8.42 Å². The van der Waals surface area contributed by atoms with Gasteiger partial charge in [0.2, 0.25) is 10.0 Å². The molecule has 102 valence electrons. The first kappa shape index (κ1) is 14.0. The SMILES string of the molecule is CNCc1cc(S(=O)(=O)NC2(C)CCCC2)cs1. The van der Waals surface area contributed by atoms with Crippen LogP contribution >= 0.6 is 11.3 Å². The zero-order valence-electron chi connectivity index (χ0n) is 10.8. The number of hydrogen-bond donors (Lipinski definition) is 2. The summed E-state index contributed by atoms with van der Waals surface area (Å²) in [6.07, 6.45) is 4.07. The van der Waals surface area contributed by atoms with Gasteiger partial charge in [-0.25, -0.2) is 13.1 Å². The van der Waals surface area contributed by atoms with E-state index >= 15 is 0 Å². The topological polar surface area (TPSA) is 58.2 Å². The Bertz CT molecular complexity index is 502. The summed E-state index contributed by atoms with van der Waals surface area (Å²) in [5.74, 6) is 0. The number of thiophene rings is 1. The molecule has 0 radical (unpaired) electrons. The Morgan fingerprint density at radius 3 is 2.67 bits per heavy atom. The van der Waals surface area contributed by atoms with E-state index < -0.39 is 10.0 Å². The molecule has 1 aliphatic rings. The van der Waals surface area contributed by atoms with E-state index in [1.54, 1.807) is 11.4 Å². The van der Waals surface area contributed by atoms with Gasteiger partial charge in [-0.15, -0.1) is 11.3 Å². The largest absolute Gasteiger partial charge is 0.315 e. The standard InChI is InChI=1S/C12H20N2O2S2/c1-12(5-3-4-6-12)14-18(15,16)11-7-10(8-13-2)17-9-11/h7,9,13-14H,3-6,8H2,1-2H3. The minimum Gasteiger partial charge on any atom is -0.315 e. The second-order valence-electron chi connectivity index (χ2n) is 5.15. The molecule has 2 N–H and O–H groups in total. The van der Waals surface area contributed by atoms with Crippen molar-refractivity contribution in [1.82, 2.24) is 10.0 Å². The quantitative estimate of drug-likeness (QED) is 0.872. The highest BCUT2D eigenvalue weighted by Gasteiger charge is 2.33. The normalized spacial score (nSPS) is 19.2. The van der Waals surface area contributed by atoms with E-state index in [-0.39, 0.29) is 5.54 Å². The molecule has 0 amide bonds. The van der Waals surface area contributed by atoms with Crippen molar-refractivity contribution in [1.29, 1.82) is 0 Å². The van der Waals surface area contributed by atoms with Crippen molar-refractivity contribution >= 4 is 21.4 Å². The van der Waals surface area contributed by atoms with Crippen LogP contribution < -0.4 is 10.0 Å². The van der Waals surface area contributed by atoms with Crippen molar-refractivity contribution in [2.45, 2.75) is 49.6 Å². The summed E-state index contributed by atoms with van der Waals surface area (Å²) in [6.45, 7) is 2.70. The maximum atomic E-state index is 12.3. The van der Waals surface area contributed by atoms with E-state index in [1.807, 2.05) is 14.0 Å². The number of hydrogen-bond acceptors (Lipinski definition) is 4. The van der Waals surface area contributed by atoms with Crippen LogP contribution in [0.2, 0.25) is 0 Å². The van der Waals surface area contributed by atoms with Gasteiger partial charge in [-0.05, 0) is 32.9 Å². The Morgan fingerprint density at radius 1 is 1.39 bits per heavy atom. The van der Waals surface area contributed by atoms with Gasteiger partial charge < -0.3 is 5.32 Å². The highest BCUT2D eigenvalue weighted by molar-refractivity contribution is 7.89. The fourth-order valence-electron chi connectivity index (χ4n) is 2.41. The Kier molecular flexibility index (Phi) is 4.11. The molecule has 1 aromatic rings. The van der Waals surface area contributed by atoms with E-state index in [1.165, 1.54) is 11.3 Å². The average Bonchev–Trinajstić information content (AvgIpc) is 2.87. The molecule has 1 saturated carbocycles. The molecule has 1 aromatic heterocycles. The molecular formula is C12H20N2O2S2. The summed E-state index contributed by atoms with van der Waals surface area (Å²) < 4.78 is 27.4. The lowest BCUT2D eigenvalue weighted by Gasteiger charge is -2.24. The van der Waals surface area contributed by atoms with E-state index in [9.17, 15) is 8.42 Å². The van der Waals surface area contributed by atoms with Crippen molar-refractivity contribution in [3.8, 4) is 0 Å². The molecular weight excluding hydrogens is 268 g/mol. The molecule has 6 heteroatoms. The fourth-order valence-corrected chi connectivity index (χ4v) is 5.16. The zero-order chi connectivity index (χ0) is 13.2. The third-order valence-corrected chi connectivity index (χ3v) is 6.08. The third kappa shape index (κ3) is 3.12. The molecule has 18 heavy (non-hydrogen) atoms. The predicted molar refractivity (Wildman–Crippen MR) is 74.3 cm³/mol. The van der Waals surface area contributed by atoms with Crippen LogP contribution in [0.3, 0.4) is 0 Å². The molecule has 0 saturated heterocycles. The van der Waals surface area contributed by atoms with Gasteiger partial charge in [0.05, 0.1) is 4.90 Å². The lowest BCUT2D eigenvalue weighted by Crippen LogP contribution is -2.43. The molecule has 0 aliphatic heterocycles. The summed E-state index contributed by atoms with van der Waals surface area (Å²) >= 11 is 1.48. The summed E-state index contributed by atoms with van der Waals surface area (Å²) in [6, 6.07) is 1.75. The van der Waals surface area contributed by atoms with Crippen LogP contribution in [0.15, 0.2) is 16.3 Å². The van der Waals surface area contributed by atoms with Crippen LogP contribution in [-0.2, 0) is 16.6 Å². The number of rotatable bonds is 5. The molecule has 2 rings (SSSR count). The van der Waals surface area contributed by atoms with Crippen LogP contribution in [-0.4, -0.2) is 21.0 Å². The highest BCUT2D eigenvalue weighted by Crippen LogP contribution is 2.31.